The van der Waals surface area contributed by atoms with Crippen LogP contribution in [-0.2, 0) is 20.9 Å². The number of fused-ring (bicyclic) bond motifs is 4. The van der Waals surface area contributed by atoms with Crippen molar-refractivity contribution < 1.29 is 24.2 Å². The summed E-state index contributed by atoms with van der Waals surface area (Å²) < 4.78 is 6.37. The molecule has 156 valence electrons. The smallest absolute Gasteiger partial charge is 0.310 e. The van der Waals surface area contributed by atoms with Gasteiger partial charge in [-0.3, -0.25) is 19.3 Å². The molecule has 7 heteroatoms. The van der Waals surface area contributed by atoms with Gasteiger partial charge in [-0.1, -0.05) is 48.5 Å². The van der Waals surface area contributed by atoms with Crippen molar-refractivity contribution in [2.75, 3.05) is 4.90 Å². The van der Waals surface area contributed by atoms with Crippen LogP contribution in [0.1, 0.15) is 22.8 Å². The summed E-state index contributed by atoms with van der Waals surface area (Å²) in [5.41, 5.74) is -0.440. The molecule has 4 aliphatic rings. The summed E-state index contributed by atoms with van der Waals surface area (Å²) in [5, 5.41) is 9.98. The normalized spacial score (nSPS) is 34.7. The molecule has 6 rings (SSSR count). The largest absolute Gasteiger partial charge is 0.481 e. The molecule has 0 saturated carbocycles. The molecule has 2 fully saturated rings. The molecule has 2 saturated heterocycles. The van der Waals surface area contributed by atoms with Crippen LogP contribution in [0.5, 0.6) is 0 Å². The fourth-order valence-corrected chi connectivity index (χ4v) is 5.87. The number of rotatable bonds is 3. The Morgan fingerprint density at radius 2 is 1.77 bits per heavy atom. The molecule has 5 atom stereocenters. The van der Waals surface area contributed by atoms with E-state index in [0.717, 1.165) is 5.56 Å². The van der Waals surface area contributed by atoms with Gasteiger partial charge < -0.3 is 14.7 Å². The molecule has 0 radical (unpaired) electrons. The van der Waals surface area contributed by atoms with Gasteiger partial charge in [0.2, 0.25) is 5.91 Å². The van der Waals surface area contributed by atoms with Crippen molar-refractivity contribution in [3.05, 3.63) is 77.9 Å². The second kappa shape index (κ2) is 5.82. The average Bonchev–Trinajstić information content (AvgIpc) is 3.33. The molecule has 4 heterocycles. The van der Waals surface area contributed by atoms with E-state index in [1.54, 1.807) is 53.1 Å². The fraction of sp³-hybridized carbons (Fsp3) is 0.292. The van der Waals surface area contributed by atoms with Crippen LogP contribution in [0.3, 0.4) is 0 Å². The molecule has 0 aliphatic carbocycles. The van der Waals surface area contributed by atoms with E-state index in [-0.39, 0.29) is 18.4 Å². The van der Waals surface area contributed by atoms with E-state index in [1.165, 1.54) is 0 Å². The second-order valence-electron chi connectivity index (χ2n) is 8.78. The number of carboxylic acid groups (broad SMARTS) is 1. The molecule has 2 amide bonds. The molecular formula is C24H20N2O5. The molecule has 1 N–H and O–H groups in total. The van der Waals surface area contributed by atoms with E-state index in [9.17, 15) is 19.5 Å². The quantitative estimate of drug-likeness (QED) is 0.777. The number of nitrogens with zero attached hydrogens (tertiary/aromatic N) is 2. The lowest BCUT2D eigenvalue weighted by Gasteiger charge is -2.45. The van der Waals surface area contributed by atoms with Crippen molar-refractivity contribution in [3.8, 4) is 0 Å². The van der Waals surface area contributed by atoms with Crippen molar-refractivity contribution in [2.45, 2.75) is 30.8 Å². The third-order valence-corrected chi connectivity index (χ3v) is 7.07. The second-order valence-corrected chi connectivity index (χ2v) is 8.78. The highest BCUT2D eigenvalue weighted by Crippen LogP contribution is 2.61. The summed E-state index contributed by atoms with van der Waals surface area (Å²) in [7, 11) is 0. The first-order valence-electron chi connectivity index (χ1n) is 10.3. The summed E-state index contributed by atoms with van der Waals surface area (Å²) in [4.78, 5) is 42.8. The molecular weight excluding hydrogens is 396 g/mol. The number of benzene rings is 2. The lowest BCUT2D eigenvalue weighted by molar-refractivity contribution is -0.148. The number of aliphatic carboxylic acids is 1. The summed E-state index contributed by atoms with van der Waals surface area (Å²) >= 11 is 0. The van der Waals surface area contributed by atoms with E-state index in [1.807, 2.05) is 30.3 Å². The Hall–Kier alpha value is -3.45. The van der Waals surface area contributed by atoms with Crippen LogP contribution in [0.15, 0.2) is 66.7 Å². The fourth-order valence-electron chi connectivity index (χ4n) is 5.87. The Balaban J connectivity index is 1.56. The van der Waals surface area contributed by atoms with Gasteiger partial charge in [0.05, 0.1) is 22.8 Å². The first kappa shape index (κ1) is 18.3. The van der Waals surface area contributed by atoms with Gasteiger partial charge in [0.25, 0.3) is 5.91 Å². The number of para-hydroxylation sites is 1. The van der Waals surface area contributed by atoms with E-state index >= 15 is 0 Å². The number of carboxylic acids is 1. The highest BCUT2D eigenvalue weighted by Gasteiger charge is 2.77. The van der Waals surface area contributed by atoms with Gasteiger partial charge in [0.1, 0.15) is 17.7 Å². The van der Waals surface area contributed by atoms with Gasteiger partial charge in [-0.05, 0) is 30.7 Å². The SMILES string of the molecule is C[C@]12C=C[C@]3(O1)[C@H](C(=O)N1c4ccccc4C(=O)N(Cc4ccccc4)[C@H]13)[C@@H]2C(=O)O. The van der Waals surface area contributed by atoms with E-state index < -0.39 is 35.2 Å². The van der Waals surface area contributed by atoms with Crippen LogP contribution in [-0.4, -0.2) is 45.2 Å². The Morgan fingerprint density at radius 3 is 2.52 bits per heavy atom. The molecule has 2 aromatic rings. The first-order valence-corrected chi connectivity index (χ1v) is 10.3. The summed E-state index contributed by atoms with van der Waals surface area (Å²) in [5.74, 6) is -3.50. The average molecular weight is 416 g/mol. The van der Waals surface area contributed by atoms with Gasteiger partial charge in [-0.15, -0.1) is 0 Å². The minimum Gasteiger partial charge on any atom is -0.481 e. The maximum absolute atomic E-state index is 13.7. The van der Waals surface area contributed by atoms with Crippen LogP contribution in [0, 0.1) is 11.8 Å². The lowest BCUT2D eigenvalue weighted by atomic mass is 9.71. The van der Waals surface area contributed by atoms with Gasteiger partial charge in [0, 0.05) is 6.54 Å². The number of ether oxygens (including phenoxy) is 1. The maximum Gasteiger partial charge on any atom is 0.310 e. The Labute approximate surface area is 178 Å². The minimum atomic E-state index is -1.20. The van der Waals surface area contributed by atoms with E-state index in [4.69, 9.17) is 4.74 Å². The number of hydrogen-bond donors (Lipinski definition) is 1. The predicted molar refractivity (Wildman–Crippen MR) is 110 cm³/mol. The number of hydrogen-bond acceptors (Lipinski definition) is 4. The van der Waals surface area contributed by atoms with Crippen molar-refractivity contribution in [2.24, 2.45) is 11.8 Å². The standard InChI is InChI=1S/C24H20N2O5/c1-23-11-12-24(31-23)17(18(23)21(29)30)20(28)26-16-10-6-5-9-15(16)19(27)25(22(24)26)13-14-7-3-2-4-8-14/h2-12,17-18,22H,13H2,1H3,(H,29,30)/t17-,18+,22+,23+,24-/m0/s1. The van der Waals surface area contributed by atoms with Crippen LogP contribution < -0.4 is 4.90 Å². The summed E-state index contributed by atoms with van der Waals surface area (Å²) in [6.45, 7) is 1.98. The Morgan fingerprint density at radius 1 is 1.06 bits per heavy atom. The number of anilines is 1. The molecule has 7 nitrogen and oxygen atoms in total. The molecule has 0 unspecified atom stereocenters. The topological polar surface area (TPSA) is 87.2 Å². The highest BCUT2D eigenvalue weighted by molar-refractivity contribution is 6.12. The first-order chi connectivity index (χ1) is 14.9. The monoisotopic (exact) mass is 416 g/mol. The predicted octanol–water partition coefficient (Wildman–Crippen LogP) is 2.43. The van der Waals surface area contributed by atoms with Crippen molar-refractivity contribution in [1.29, 1.82) is 0 Å². The van der Waals surface area contributed by atoms with Crippen LogP contribution in [0.2, 0.25) is 0 Å². The molecule has 4 aliphatic heterocycles. The van der Waals surface area contributed by atoms with Crippen molar-refractivity contribution in [3.63, 3.8) is 0 Å². The Kier molecular flexibility index (Phi) is 3.44. The third-order valence-electron chi connectivity index (χ3n) is 7.07. The van der Waals surface area contributed by atoms with Crippen LogP contribution in [0.25, 0.3) is 0 Å². The zero-order valence-electron chi connectivity index (χ0n) is 16.8. The number of amides is 2. The van der Waals surface area contributed by atoms with Crippen molar-refractivity contribution >= 4 is 23.5 Å². The minimum absolute atomic E-state index is 0.201. The molecule has 31 heavy (non-hydrogen) atoms. The van der Waals surface area contributed by atoms with Gasteiger partial charge in [-0.25, -0.2) is 0 Å². The molecule has 0 aromatic heterocycles. The number of carbonyl (C=O) groups is 3. The van der Waals surface area contributed by atoms with Crippen LogP contribution >= 0.6 is 0 Å². The maximum atomic E-state index is 13.7. The highest BCUT2D eigenvalue weighted by atomic mass is 16.5. The van der Waals surface area contributed by atoms with Gasteiger partial charge in [-0.2, -0.15) is 0 Å². The summed E-state index contributed by atoms with van der Waals surface area (Å²) in [6, 6.07) is 16.5. The van der Waals surface area contributed by atoms with E-state index in [0.29, 0.717) is 11.3 Å². The molecule has 2 bridgehead atoms. The molecule has 2 aromatic carbocycles. The summed E-state index contributed by atoms with van der Waals surface area (Å²) in [6.07, 6.45) is 2.79. The van der Waals surface area contributed by atoms with E-state index in [2.05, 4.69) is 0 Å². The lowest BCUT2D eigenvalue weighted by Crippen LogP contribution is -2.60. The zero-order chi connectivity index (χ0) is 21.5. The zero-order valence-corrected chi connectivity index (χ0v) is 16.8. The van der Waals surface area contributed by atoms with Gasteiger partial charge >= 0.3 is 5.97 Å². The van der Waals surface area contributed by atoms with Crippen molar-refractivity contribution in [1.82, 2.24) is 4.90 Å². The number of carbonyl (C=O) groups excluding carboxylic acids is 2. The van der Waals surface area contributed by atoms with Crippen LogP contribution in [0.4, 0.5) is 5.69 Å². The van der Waals surface area contributed by atoms with Gasteiger partial charge in [0.15, 0.2) is 0 Å². The third kappa shape index (κ3) is 2.14. The Bertz CT molecular complexity index is 1180. The molecule has 1 spiro atoms.